The van der Waals surface area contributed by atoms with Crippen molar-refractivity contribution in [1.82, 2.24) is 4.98 Å². The number of rotatable bonds is 2. The summed E-state index contributed by atoms with van der Waals surface area (Å²) in [6, 6.07) is 3.30. The largest absolute Gasteiger partial charge is 0.462 e. The fourth-order valence-corrected chi connectivity index (χ4v) is 2.66. The van der Waals surface area contributed by atoms with Gasteiger partial charge in [-0.1, -0.05) is 23.2 Å². The molecule has 0 saturated heterocycles. The Labute approximate surface area is 122 Å². The molecule has 0 aliphatic heterocycles. The van der Waals surface area contributed by atoms with Gasteiger partial charge >= 0.3 is 5.97 Å². The number of hydrogen-bond acceptors (Lipinski definition) is 3. The third kappa shape index (κ3) is 2.46. The van der Waals surface area contributed by atoms with E-state index in [2.05, 4.69) is 20.9 Å². The molecule has 0 unspecified atom stereocenters. The van der Waals surface area contributed by atoms with Crippen molar-refractivity contribution in [1.29, 1.82) is 0 Å². The second-order valence-electron chi connectivity index (χ2n) is 3.49. The summed E-state index contributed by atoms with van der Waals surface area (Å²) in [6.45, 7) is 2.05. The fraction of sp³-hybridized carbons (Fsp3) is 0.167. The third-order valence-electron chi connectivity index (χ3n) is 2.32. The Morgan fingerprint density at radius 1 is 1.44 bits per heavy atom. The van der Waals surface area contributed by atoms with Crippen LogP contribution in [-0.2, 0) is 4.74 Å². The van der Waals surface area contributed by atoms with E-state index in [0.717, 1.165) is 0 Å². The number of hydrogen-bond donors (Lipinski definition) is 0. The van der Waals surface area contributed by atoms with Gasteiger partial charge in [0.25, 0.3) is 0 Å². The van der Waals surface area contributed by atoms with E-state index in [-0.39, 0.29) is 0 Å². The summed E-state index contributed by atoms with van der Waals surface area (Å²) in [5.41, 5.74) is 0.934. The van der Waals surface area contributed by atoms with Gasteiger partial charge in [0.2, 0.25) is 0 Å². The number of fused-ring (bicyclic) bond motifs is 1. The van der Waals surface area contributed by atoms with Gasteiger partial charge in [0.1, 0.15) is 0 Å². The second-order valence-corrected chi connectivity index (χ2v) is 5.13. The van der Waals surface area contributed by atoms with E-state index in [9.17, 15) is 4.79 Å². The van der Waals surface area contributed by atoms with Crippen molar-refractivity contribution in [2.24, 2.45) is 0 Å². The topological polar surface area (TPSA) is 39.2 Å². The maximum Gasteiger partial charge on any atom is 0.340 e. The molecule has 0 fully saturated rings. The first kappa shape index (κ1) is 13.6. The van der Waals surface area contributed by atoms with Gasteiger partial charge in [-0.3, -0.25) is 4.98 Å². The molecule has 2 rings (SSSR count). The molecule has 94 valence electrons. The molecule has 0 aliphatic carbocycles. The highest BCUT2D eigenvalue weighted by Gasteiger charge is 2.16. The maximum absolute atomic E-state index is 11.7. The number of pyridine rings is 1. The van der Waals surface area contributed by atoms with Crippen LogP contribution in [0.5, 0.6) is 0 Å². The van der Waals surface area contributed by atoms with Gasteiger partial charge in [0, 0.05) is 21.1 Å². The Morgan fingerprint density at radius 3 is 2.83 bits per heavy atom. The first-order valence-corrected chi connectivity index (χ1v) is 6.70. The predicted octanol–water partition coefficient (Wildman–Crippen LogP) is 4.48. The molecule has 18 heavy (non-hydrogen) atoms. The predicted molar refractivity (Wildman–Crippen MR) is 75.4 cm³/mol. The molecule has 0 N–H and O–H groups in total. The molecular weight excluding hydrogens is 341 g/mol. The van der Waals surface area contributed by atoms with Crippen molar-refractivity contribution in [3.8, 4) is 0 Å². The molecule has 0 bridgehead atoms. The highest BCUT2D eigenvalue weighted by atomic mass is 79.9. The van der Waals surface area contributed by atoms with Crippen LogP contribution in [0.3, 0.4) is 0 Å². The minimum Gasteiger partial charge on any atom is -0.462 e. The average molecular weight is 349 g/mol. The lowest BCUT2D eigenvalue weighted by atomic mass is 10.1. The lowest BCUT2D eigenvalue weighted by Crippen LogP contribution is -2.06. The molecule has 1 aromatic heterocycles. The number of esters is 1. The zero-order chi connectivity index (χ0) is 13.3. The molecule has 0 radical (unpaired) electrons. The van der Waals surface area contributed by atoms with Crippen LogP contribution in [0.25, 0.3) is 10.9 Å². The van der Waals surface area contributed by atoms with Gasteiger partial charge in [0.15, 0.2) is 0 Å². The van der Waals surface area contributed by atoms with Crippen LogP contribution in [0.2, 0.25) is 10.0 Å². The molecule has 0 aliphatic rings. The highest BCUT2D eigenvalue weighted by molar-refractivity contribution is 9.10. The normalized spacial score (nSPS) is 10.7. The fourth-order valence-electron chi connectivity index (χ4n) is 1.55. The van der Waals surface area contributed by atoms with Crippen LogP contribution in [-0.4, -0.2) is 17.6 Å². The lowest BCUT2D eigenvalue weighted by molar-refractivity contribution is 0.0525. The first-order chi connectivity index (χ1) is 8.54. The van der Waals surface area contributed by atoms with Gasteiger partial charge in [-0.05, 0) is 35.0 Å². The Bertz CT molecular complexity index is 631. The summed E-state index contributed by atoms with van der Waals surface area (Å²) in [6.07, 6.45) is 1.43. The molecule has 1 aromatic carbocycles. The number of nitrogens with zero attached hydrogens (tertiary/aromatic N) is 1. The molecule has 0 saturated carbocycles. The quantitative estimate of drug-likeness (QED) is 0.751. The van der Waals surface area contributed by atoms with Crippen LogP contribution in [0.4, 0.5) is 0 Å². The van der Waals surface area contributed by atoms with Crippen LogP contribution in [0, 0.1) is 0 Å². The van der Waals surface area contributed by atoms with E-state index in [4.69, 9.17) is 27.9 Å². The molecule has 2 aromatic rings. The lowest BCUT2D eigenvalue weighted by Gasteiger charge is -2.08. The number of carbonyl (C=O) groups is 1. The van der Waals surface area contributed by atoms with Crippen molar-refractivity contribution in [3.05, 3.63) is 38.4 Å². The molecule has 0 spiro atoms. The molecule has 0 atom stereocenters. The molecule has 3 nitrogen and oxygen atoms in total. The van der Waals surface area contributed by atoms with Crippen molar-refractivity contribution >= 4 is 56.0 Å². The van der Waals surface area contributed by atoms with Gasteiger partial charge in [-0.2, -0.15) is 0 Å². The standard InChI is InChI=1S/C12H8BrCl2NO2/c1-2-18-12(17)8-5-16-11-7(10(8)13)3-6(14)4-9(11)15/h3-5H,2H2,1H3. The number of halogens is 3. The van der Waals surface area contributed by atoms with Crippen molar-refractivity contribution in [3.63, 3.8) is 0 Å². The Kier molecular flexibility index (Phi) is 4.10. The summed E-state index contributed by atoms with van der Waals surface area (Å²) in [5, 5.41) is 1.60. The summed E-state index contributed by atoms with van der Waals surface area (Å²) < 4.78 is 5.52. The smallest absolute Gasteiger partial charge is 0.340 e. The number of aromatic nitrogens is 1. The van der Waals surface area contributed by atoms with Crippen LogP contribution in [0.1, 0.15) is 17.3 Å². The molecular formula is C12H8BrCl2NO2. The summed E-state index contributed by atoms with van der Waals surface area (Å²) in [4.78, 5) is 15.9. The summed E-state index contributed by atoms with van der Waals surface area (Å²) >= 11 is 15.3. The van der Waals surface area contributed by atoms with Crippen molar-refractivity contribution < 1.29 is 9.53 Å². The zero-order valence-corrected chi connectivity index (χ0v) is 12.4. The van der Waals surface area contributed by atoms with E-state index < -0.39 is 5.97 Å². The Balaban J connectivity index is 2.67. The van der Waals surface area contributed by atoms with Crippen molar-refractivity contribution in [2.45, 2.75) is 6.92 Å². The SMILES string of the molecule is CCOC(=O)c1cnc2c(Cl)cc(Cl)cc2c1Br. The molecule has 1 heterocycles. The first-order valence-electron chi connectivity index (χ1n) is 5.15. The van der Waals surface area contributed by atoms with Crippen molar-refractivity contribution in [2.75, 3.05) is 6.61 Å². The number of benzene rings is 1. The van der Waals surface area contributed by atoms with E-state index >= 15 is 0 Å². The second kappa shape index (κ2) is 5.43. The third-order valence-corrected chi connectivity index (χ3v) is 3.68. The summed E-state index contributed by atoms with van der Waals surface area (Å²) in [7, 11) is 0. The molecule has 0 amide bonds. The van der Waals surface area contributed by atoms with Crippen LogP contribution >= 0.6 is 39.1 Å². The monoisotopic (exact) mass is 347 g/mol. The number of ether oxygens (including phenoxy) is 1. The van der Waals surface area contributed by atoms with Gasteiger partial charge < -0.3 is 4.74 Å². The van der Waals surface area contributed by atoms with E-state index in [1.165, 1.54) is 6.20 Å². The summed E-state index contributed by atoms with van der Waals surface area (Å²) in [5.74, 6) is -0.435. The minimum absolute atomic E-state index is 0.305. The average Bonchev–Trinajstić information content (AvgIpc) is 2.30. The molecule has 6 heteroatoms. The zero-order valence-electron chi connectivity index (χ0n) is 9.34. The van der Waals surface area contributed by atoms with E-state index in [0.29, 0.717) is 37.6 Å². The van der Waals surface area contributed by atoms with Crippen LogP contribution < -0.4 is 0 Å². The number of carbonyl (C=O) groups excluding carboxylic acids is 1. The van der Waals surface area contributed by atoms with Gasteiger partial charge in [-0.25, -0.2) is 4.79 Å². The van der Waals surface area contributed by atoms with Gasteiger partial charge in [0.05, 0.1) is 22.7 Å². The van der Waals surface area contributed by atoms with Gasteiger partial charge in [-0.15, -0.1) is 0 Å². The Morgan fingerprint density at radius 2 is 2.17 bits per heavy atom. The Hall–Kier alpha value is -0.840. The van der Waals surface area contributed by atoms with E-state index in [1.54, 1.807) is 19.1 Å². The highest BCUT2D eigenvalue weighted by Crippen LogP contribution is 2.33. The maximum atomic E-state index is 11.7. The van der Waals surface area contributed by atoms with E-state index in [1.807, 2.05) is 0 Å². The minimum atomic E-state index is -0.435. The van der Waals surface area contributed by atoms with Crippen LogP contribution in [0.15, 0.2) is 22.8 Å².